The topological polar surface area (TPSA) is 122 Å². The van der Waals surface area contributed by atoms with Gasteiger partial charge < -0.3 is 15.3 Å². The third kappa shape index (κ3) is 6.68. The van der Waals surface area contributed by atoms with Crippen molar-refractivity contribution in [2.24, 2.45) is 0 Å². The first-order valence-corrected chi connectivity index (χ1v) is 10.9. The Bertz CT molecular complexity index is 890. The minimum Gasteiger partial charge on any atom is -0.483 e. The first-order chi connectivity index (χ1) is 13.9. The SMILES string of the molecule is CN1CCC(n2nccc2NC(=O)CCS(=O)(=O)c2ccccc2)CC1.O=CO. The molecule has 2 N–H and O–H groups in total. The number of hydrogen-bond acceptors (Lipinski definition) is 6. The summed E-state index contributed by atoms with van der Waals surface area (Å²) in [5, 5.41) is 14.0. The molecule has 0 unspecified atom stereocenters. The van der Waals surface area contributed by atoms with Crippen molar-refractivity contribution in [3.63, 3.8) is 0 Å². The average molecular weight is 423 g/mol. The Morgan fingerprint density at radius 2 is 1.86 bits per heavy atom. The third-order valence-corrected chi connectivity index (χ3v) is 6.40. The summed E-state index contributed by atoms with van der Waals surface area (Å²) >= 11 is 0. The maximum absolute atomic E-state index is 12.3. The normalized spacial score (nSPS) is 15.2. The van der Waals surface area contributed by atoms with E-state index >= 15 is 0 Å². The second-order valence-electron chi connectivity index (χ2n) is 6.73. The Balaban J connectivity index is 0.000000941. The number of sulfone groups is 1. The Hall–Kier alpha value is -2.72. The summed E-state index contributed by atoms with van der Waals surface area (Å²) in [6, 6.07) is 10.2. The number of nitrogens with one attached hydrogen (secondary N) is 1. The van der Waals surface area contributed by atoms with Crippen molar-refractivity contribution in [3.8, 4) is 0 Å². The molecule has 1 fully saturated rings. The van der Waals surface area contributed by atoms with Crippen LogP contribution < -0.4 is 5.32 Å². The summed E-state index contributed by atoms with van der Waals surface area (Å²) in [4.78, 5) is 23.1. The first kappa shape index (κ1) is 22.6. The summed E-state index contributed by atoms with van der Waals surface area (Å²) < 4.78 is 26.4. The van der Waals surface area contributed by atoms with Gasteiger partial charge in [-0.2, -0.15) is 5.10 Å². The van der Waals surface area contributed by atoms with Crippen molar-refractivity contribution in [3.05, 3.63) is 42.6 Å². The summed E-state index contributed by atoms with van der Waals surface area (Å²) in [5.74, 6) is 0.0893. The van der Waals surface area contributed by atoms with Gasteiger partial charge in [0, 0.05) is 12.5 Å². The van der Waals surface area contributed by atoms with E-state index < -0.39 is 9.84 Å². The van der Waals surface area contributed by atoms with Crippen LogP contribution in [0.25, 0.3) is 0 Å². The van der Waals surface area contributed by atoms with Crippen LogP contribution in [0.5, 0.6) is 0 Å². The monoisotopic (exact) mass is 422 g/mol. The molecule has 3 rings (SSSR count). The van der Waals surface area contributed by atoms with E-state index in [-0.39, 0.29) is 35.5 Å². The minimum atomic E-state index is -3.46. The zero-order valence-electron chi connectivity index (χ0n) is 16.3. The predicted molar refractivity (Wildman–Crippen MR) is 108 cm³/mol. The largest absolute Gasteiger partial charge is 0.483 e. The van der Waals surface area contributed by atoms with Crippen LogP contribution in [0.3, 0.4) is 0 Å². The number of piperidine rings is 1. The number of nitrogens with zero attached hydrogens (tertiary/aromatic N) is 3. The van der Waals surface area contributed by atoms with E-state index in [0.717, 1.165) is 25.9 Å². The van der Waals surface area contributed by atoms with E-state index in [2.05, 4.69) is 22.4 Å². The van der Waals surface area contributed by atoms with Crippen molar-refractivity contribution in [1.82, 2.24) is 14.7 Å². The molecule has 0 saturated carbocycles. The molecule has 1 aromatic heterocycles. The maximum atomic E-state index is 12.3. The lowest BCUT2D eigenvalue weighted by atomic mass is 10.1. The molecule has 9 nitrogen and oxygen atoms in total. The molecule has 1 amide bonds. The summed E-state index contributed by atoms with van der Waals surface area (Å²) in [6.45, 7) is 1.74. The molecule has 0 bridgehead atoms. The molecule has 0 atom stereocenters. The summed E-state index contributed by atoms with van der Waals surface area (Å²) in [5.41, 5.74) is 0. The molecule has 0 aliphatic carbocycles. The number of anilines is 1. The fourth-order valence-corrected chi connectivity index (χ4v) is 4.38. The highest BCUT2D eigenvalue weighted by Gasteiger charge is 2.22. The molecule has 1 aliphatic heterocycles. The Morgan fingerprint density at radius 3 is 2.48 bits per heavy atom. The van der Waals surface area contributed by atoms with Crippen LogP contribution in [0.4, 0.5) is 5.82 Å². The van der Waals surface area contributed by atoms with Gasteiger partial charge in [0.25, 0.3) is 6.47 Å². The number of carboxylic acid groups (broad SMARTS) is 1. The Labute approximate surface area is 170 Å². The number of benzene rings is 1. The van der Waals surface area contributed by atoms with Crippen LogP contribution in [0.2, 0.25) is 0 Å². The molecular weight excluding hydrogens is 396 g/mol. The quantitative estimate of drug-likeness (QED) is 0.679. The molecule has 1 aliphatic rings. The maximum Gasteiger partial charge on any atom is 0.290 e. The molecule has 0 spiro atoms. The molecule has 10 heteroatoms. The molecule has 0 radical (unpaired) electrons. The van der Waals surface area contributed by atoms with Gasteiger partial charge in [-0.25, -0.2) is 13.1 Å². The Morgan fingerprint density at radius 1 is 1.24 bits per heavy atom. The van der Waals surface area contributed by atoms with Gasteiger partial charge in [-0.1, -0.05) is 18.2 Å². The van der Waals surface area contributed by atoms with Crippen molar-refractivity contribution in [2.75, 3.05) is 31.2 Å². The van der Waals surface area contributed by atoms with Gasteiger partial charge in [-0.05, 0) is 45.1 Å². The van der Waals surface area contributed by atoms with Gasteiger partial charge >= 0.3 is 0 Å². The minimum absolute atomic E-state index is 0.0875. The smallest absolute Gasteiger partial charge is 0.290 e. The van der Waals surface area contributed by atoms with E-state index in [9.17, 15) is 13.2 Å². The van der Waals surface area contributed by atoms with E-state index in [4.69, 9.17) is 9.90 Å². The fourth-order valence-electron chi connectivity index (χ4n) is 3.12. The number of carbonyl (C=O) groups is 2. The number of rotatable bonds is 6. The Kier molecular flexibility index (Phi) is 8.34. The van der Waals surface area contributed by atoms with Gasteiger partial charge in [-0.15, -0.1) is 0 Å². The van der Waals surface area contributed by atoms with Crippen LogP contribution in [-0.2, 0) is 19.4 Å². The van der Waals surface area contributed by atoms with Crippen LogP contribution in [-0.4, -0.2) is 66.5 Å². The molecule has 1 saturated heterocycles. The van der Waals surface area contributed by atoms with Gasteiger partial charge in [0.1, 0.15) is 5.82 Å². The third-order valence-electron chi connectivity index (χ3n) is 4.67. The predicted octanol–water partition coefficient (Wildman–Crippen LogP) is 1.65. The summed E-state index contributed by atoms with van der Waals surface area (Å²) in [6.07, 6.45) is 3.53. The highest BCUT2D eigenvalue weighted by atomic mass is 32.2. The number of carbonyl (C=O) groups excluding carboxylic acids is 1. The molecule has 158 valence electrons. The van der Waals surface area contributed by atoms with Crippen molar-refractivity contribution in [1.29, 1.82) is 0 Å². The number of likely N-dealkylation sites (tertiary alicyclic amines) is 1. The molecular formula is C19H26N4O5S. The number of hydrogen-bond donors (Lipinski definition) is 2. The highest BCUT2D eigenvalue weighted by molar-refractivity contribution is 7.91. The van der Waals surface area contributed by atoms with Gasteiger partial charge in [0.15, 0.2) is 9.84 Å². The van der Waals surface area contributed by atoms with Crippen LogP contribution in [0, 0.1) is 0 Å². The number of amides is 1. The second kappa shape index (κ2) is 10.7. The van der Waals surface area contributed by atoms with Crippen molar-refractivity contribution in [2.45, 2.75) is 30.2 Å². The lowest BCUT2D eigenvalue weighted by Gasteiger charge is -2.30. The van der Waals surface area contributed by atoms with E-state index in [1.807, 2.05) is 4.68 Å². The van der Waals surface area contributed by atoms with Gasteiger partial charge in [-0.3, -0.25) is 9.59 Å². The van der Waals surface area contributed by atoms with Crippen molar-refractivity contribution >= 4 is 28.0 Å². The highest BCUT2D eigenvalue weighted by Crippen LogP contribution is 2.24. The van der Waals surface area contributed by atoms with E-state index in [1.54, 1.807) is 42.6 Å². The van der Waals surface area contributed by atoms with Crippen LogP contribution in [0.1, 0.15) is 25.3 Å². The zero-order valence-corrected chi connectivity index (χ0v) is 17.1. The second-order valence-corrected chi connectivity index (χ2v) is 8.84. The van der Waals surface area contributed by atoms with E-state index in [1.165, 1.54) is 0 Å². The molecule has 2 aromatic rings. The molecule has 29 heavy (non-hydrogen) atoms. The van der Waals surface area contributed by atoms with E-state index in [0.29, 0.717) is 5.82 Å². The average Bonchev–Trinajstić information content (AvgIpc) is 3.16. The summed E-state index contributed by atoms with van der Waals surface area (Å²) in [7, 11) is -1.37. The molecule has 1 aromatic carbocycles. The van der Waals surface area contributed by atoms with Crippen LogP contribution in [0.15, 0.2) is 47.5 Å². The first-order valence-electron chi connectivity index (χ1n) is 9.25. The van der Waals surface area contributed by atoms with Gasteiger partial charge in [0.2, 0.25) is 5.91 Å². The standard InChI is InChI=1S/C18H24N4O3S.CH2O2/c1-21-12-8-15(9-13-21)22-17(7-11-19-22)20-18(23)10-14-26(24,25)16-5-3-2-4-6-16;2-1-3/h2-7,11,15H,8-10,12-14H2,1H3,(H,20,23);1H,(H,2,3). The number of aromatic nitrogens is 2. The van der Waals surface area contributed by atoms with Gasteiger partial charge in [0.05, 0.1) is 22.9 Å². The van der Waals surface area contributed by atoms with Crippen molar-refractivity contribution < 1.29 is 23.1 Å². The zero-order chi connectivity index (χ0) is 21.3. The molecule has 2 heterocycles. The lowest BCUT2D eigenvalue weighted by molar-refractivity contribution is -0.123. The fraction of sp³-hybridized carbons (Fsp3) is 0.421. The van der Waals surface area contributed by atoms with Crippen LogP contribution >= 0.6 is 0 Å². The lowest BCUT2D eigenvalue weighted by Crippen LogP contribution is -2.32.